The fraction of sp³-hybridized carbons (Fsp3) is 0.654. The largest absolute Gasteiger partial charge is 0.444 e. The summed E-state index contributed by atoms with van der Waals surface area (Å²) in [6.45, 7) is 6.05. The molecule has 3 fully saturated rings. The van der Waals surface area contributed by atoms with Gasteiger partial charge in [-0.05, 0) is 77.0 Å². The Morgan fingerprint density at radius 3 is 2.28 bits per heavy atom. The van der Waals surface area contributed by atoms with E-state index in [4.69, 9.17) is 16.3 Å². The first-order valence-electron chi connectivity index (χ1n) is 13.5. The number of fused-ring (bicyclic) bond motifs is 3. The summed E-state index contributed by atoms with van der Waals surface area (Å²) in [5.41, 5.74) is 1.09. The molecule has 0 saturated carbocycles. The van der Waals surface area contributed by atoms with Gasteiger partial charge in [-0.2, -0.15) is 17.0 Å². The summed E-state index contributed by atoms with van der Waals surface area (Å²) in [5.74, 6) is -0.449. The molecule has 11 nitrogen and oxygen atoms in total. The van der Waals surface area contributed by atoms with Crippen molar-refractivity contribution >= 4 is 45.4 Å². The Labute approximate surface area is 234 Å². The molecule has 4 aliphatic rings. The zero-order valence-electron chi connectivity index (χ0n) is 22.5. The van der Waals surface area contributed by atoms with E-state index in [0.29, 0.717) is 50.0 Å². The highest BCUT2D eigenvalue weighted by atomic mass is 35.5. The first-order valence-corrected chi connectivity index (χ1v) is 15.3. The highest BCUT2D eigenvalue weighted by Gasteiger charge is 2.49. The standard InChI is InChI=1S/C26H36ClN5O6S/c1-26(2,3)38-25(35)29-16-6-8-31(9-7-16)39(36,37)32-18-4-5-19(32)13-17(12-18)28-24(34)20-10-15-11-23(33)30-22(15)14-21(20)27/h10,14,16-19H,4-9,11-13H2,1-3H3,(H,28,34)(H,29,35)(H,30,33)/t17?,18-,19+. The average Bonchev–Trinajstić information content (AvgIpc) is 3.33. The molecule has 3 saturated heterocycles. The van der Waals surface area contributed by atoms with Gasteiger partial charge in [-0.15, -0.1) is 0 Å². The lowest BCUT2D eigenvalue weighted by atomic mass is 9.99. The molecule has 214 valence electrons. The zero-order chi connectivity index (χ0) is 28.1. The molecule has 1 aromatic carbocycles. The fourth-order valence-corrected chi connectivity index (χ4v) is 8.48. The van der Waals surface area contributed by atoms with Crippen molar-refractivity contribution in [3.8, 4) is 0 Å². The number of carbonyl (C=O) groups is 3. The van der Waals surface area contributed by atoms with Crippen LogP contribution in [0.2, 0.25) is 5.02 Å². The second kappa shape index (κ2) is 10.5. The molecule has 0 aromatic heterocycles. The summed E-state index contributed by atoms with van der Waals surface area (Å²) in [7, 11) is -3.67. The fourth-order valence-electron chi connectivity index (χ4n) is 6.15. The van der Waals surface area contributed by atoms with Crippen LogP contribution in [0.4, 0.5) is 10.5 Å². The van der Waals surface area contributed by atoms with E-state index in [9.17, 15) is 22.8 Å². The van der Waals surface area contributed by atoms with Crippen molar-refractivity contribution in [2.45, 2.75) is 95.5 Å². The summed E-state index contributed by atoms with van der Waals surface area (Å²) < 4.78 is 35.8. The number of hydrogen-bond donors (Lipinski definition) is 3. The third-order valence-electron chi connectivity index (χ3n) is 7.83. The predicted molar refractivity (Wildman–Crippen MR) is 146 cm³/mol. The van der Waals surface area contributed by atoms with Crippen LogP contribution >= 0.6 is 11.6 Å². The maximum absolute atomic E-state index is 13.6. The van der Waals surface area contributed by atoms with Gasteiger partial charge in [0, 0.05) is 42.9 Å². The minimum Gasteiger partial charge on any atom is -0.444 e. The number of piperidine rings is 2. The van der Waals surface area contributed by atoms with Gasteiger partial charge in [-0.1, -0.05) is 11.6 Å². The summed E-state index contributed by atoms with van der Waals surface area (Å²) in [5, 5.41) is 8.89. The SMILES string of the molecule is CC(C)(C)OC(=O)NC1CCN(S(=O)(=O)N2[C@@H]3CC[C@H]2CC(NC(=O)c2cc4c(cc2Cl)NC(=O)C4)C3)CC1. The van der Waals surface area contributed by atoms with Gasteiger partial charge in [-0.25, -0.2) is 4.79 Å². The van der Waals surface area contributed by atoms with E-state index >= 15 is 0 Å². The van der Waals surface area contributed by atoms with E-state index in [2.05, 4.69) is 16.0 Å². The lowest BCUT2D eigenvalue weighted by molar-refractivity contribution is -0.115. The van der Waals surface area contributed by atoms with Crippen molar-refractivity contribution in [1.82, 2.24) is 19.2 Å². The summed E-state index contributed by atoms with van der Waals surface area (Å²) in [4.78, 5) is 36.9. The maximum Gasteiger partial charge on any atom is 0.407 e. The summed E-state index contributed by atoms with van der Waals surface area (Å²) in [6, 6.07) is 2.57. The Morgan fingerprint density at radius 1 is 1.03 bits per heavy atom. The molecule has 3 amide bonds. The molecular formula is C26H36ClN5O6S. The Bertz CT molecular complexity index is 1260. The number of nitrogens with one attached hydrogen (secondary N) is 3. The number of amides is 3. The smallest absolute Gasteiger partial charge is 0.407 e. The molecular weight excluding hydrogens is 546 g/mol. The number of anilines is 1. The van der Waals surface area contributed by atoms with E-state index in [-0.39, 0.29) is 47.4 Å². The number of ether oxygens (including phenoxy) is 1. The van der Waals surface area contributed by atoms with E-state index in [1.54, 1.807) is 37.2 Å². The molecule has 5 rings (SSSR count). The molecule has 39 heavy (non-hydrogen) atoms. The quantitative estimate of drug-likeness (QED) is 0.489. The van der Waals surface area contributed by atoms with Crippen LogP contribution in [0.1, 0.15) is 75.2 Å². The molecule has 2 bridgehead atoms. The van der Waals surface area contributed by atoms with Crippen molar-refractivity contribution in [2.75, 3.05) is 18.4 Å². The van der Waals surface area contributed by atoms with E-state index in [1.807, 2.05) is 0 Å². The van der Waals surface area contributed by atoms with Crippen LogP contribution < -0.4 is 16.0 Å². The van der Waals surface area contributed by atoms with Crippen LogP contribution in [0.15, 0.2) is 12.1 Å². The van der Waals surface area contributed by atoms with Crippen LogP contribution in [-0.2, 0) is 26.2 Å². The van der Waals surface area contributed by atoms with Crippen molar-refractivity contribution in [3.63, 3.8) is 0 Å². The molecule has 0 spiro atoms. The van der Waals surface area contributed by atoms with Gasteiger partial charge in [0.05, 0.1) is 17.0 Å². The number of rotatable bonds is 5. The second-order valence-corrected chi connectivity index (χ2v) is 14.1. The molecule has 1 unspecified atom stereocenters. The van der Waals surface area contributed by atoms with E-state index in [0.717, 1.165) is 18.4 Å². The van der Waals surface area contributed by atoms with Gasteiger partial charge in [-0.3, -0.25) is 9.59 Å². The molecule has 4 heterocycles. The first-order chi connectivity index (χ1) is 18.3. The molecule has 1 aromatic rings. The van der Waals surface area contributed by atoms with Crippen LogP contribution in [0.3, 0.4) is 0 Å². The van der Waals surface area contributed by atoms with Crippen LogP contribution in [-0.4, -0.2) is 77.8 Å². The molecule has 13 heteroatoms. The molecule has 0 radical (unpaired) electrons. The zero-order valence-corrected chi connectivity index (χ0v) is 24.0. The van der Waals surface area contributed by atoms with Gasteiger partial charge in [0.2, 0.25) is 5.91 Å². The number of hydrogen-bond acceptors (Lipinski definition) is 6. The monoisotopic (exact) mass is 581 g/mol. The van der Waals surface area contributed by atoms with Gasteiger partial charge in [0.1, 0.15) is 5.60 Å². The lowest BCUT2D eigenvalue weighted by Gasteiger charge is -2.42. The Kier molecular flexibility index (Phi) is 7.60. The highest BCUT2D eigenvalue weighted by molar-refractivity contribution is 7.86. The number of benzene rings is 1. The second-order valence-electron chi connectivity index (χ2n) is 11.9. The van der Waals surface area contributed by atoms with Crippen molar-refractivity contribution < 1.29 is 27.5 Å². The number of carbonyl (C=O) groups excluding carboxylic acids is 3. The Hall–Kier alpha value is -2.41. The molecule has 3 atom stereocenters. The maximum atomic E-state index is 13.6. The van der Waals surface area contributed by atoms with Gasteiger partial charge in [0.15, 0.2) is 0 Å². The Balaban J connectivity index is 1.17. The third-order valence-corrected chi connectivity index (χ3v) is 10.3. The van der Waals surface area contributed by atoms with Crippen molar-refractivity contribution in [3.05, 3.63) is 28.3 Å². The lowest BCUT2D eigenvalue weighted by Crippen LogP contribution is -2.57. The van der Waals surface area contributed by atoms with E-state index < -0.39 is 21.9 Å². The van der Waals surface area contributed by atoms with Crippen LogP contribution in [0, 0.1) is 0 Å². The number of nitrogens with zero attached hydrogens (tertiary/aromatic N) is 2. The molecule has 3 N–H and O–H groups in total. The number of halogens is 1. The normalized spacial score (nSPS) is 26.2. The highest BCUT2D eigenvalue weighted by Crippen LogP contribution is 2.39. The minimum atomic E-state index is -3.67. The molecule has 0 aliphatic carbocycles. The van der Waals surface area contributed by atoms with Gasteiger partial charge >= 0.3 is 6.09 Å². The van der Waals surface area contributed by atoms with Crippen LogP contribution in [0.25, 0.3) is 0 Å². The molecule has 4 aliphatic heterocycles. The van der Waals surface area contributed by atoms with Gasteiger partial charge < -0.3 is 20.7 Å². The van der Waals surface area contributed by atoms with E-state index in [1.165, 1.54) is 4.31 Å². The number of alkyl carbamates (subject to hydrolysis) is 1. The summed E-state index contributed by atoms with van der Waals surface area (Å²) >= 11 is 6.34. The first kappa shape index (κ1) is 28.1. The minimum absolute atomic E-state index is 0.132. The summed E-state index contributed by atoms with van der Waals surface area (Å²) in [6.07, 6.45) is 3.31. The van der Waals surface area contributed by atoms with Gasteiger partial charge in [0.25, 0.3) is 16.1 Å². The van der Waals surface area contributed by atoms with Crippen LogP contribution in [0.5, 0.6) is 0 Å². The third kappa shape index (κ3) is 6.03. The topological polar surface area (TPSA) is 137 Å². The predicted octanol–water partition coefficient (Wildman–Crippen LogP) is 2.79. The average molecular weight is 582 g/mol. The Morgan fingerprint density at radius 2 is 1.67 bits per heavy atom. The van der Waals surface area contributed by atoms with Crippen molar-refractivity contribution in [1.29, 1.82) is 0 Å². The van der Waals surface area contributed by atoms with Crippen molar-refractivity contribution in [2.24, 2.45) is 0 Å².